The first-order valence-corrected chi connectivity index (χ1v) is 7.41. The molecule has 104 valence electrons. The van der Waals surface area contributed by atoms with Crippen LogP contribution in [0.25, 0.3) is 0 Å². The zero-order valence-electron chi connectivity index (χ0n) is 10.8. The molecule has 1 saturated heterocycles. The van der Waals surface area contributed by atoms with E-state index in [0.717, 1.165) is 36.2 Å². The van der Waals surface area contributed by atoms with Gasteiger partial charge in [0.2, 0.25) is 0 Å². The van der Waals surface area contributed by atoms with Gasteiger partial charge in [0.25, 0.3) is 0 Å². The van der Waals surface area contributed by atoms with Gasteiger partial charge in [-0.3, -0.25) is 4.79 Å². The Bertz CT molecular complexity index is 439. The van der Waals surface area contributed by atoms with Crippen LogP contribution in [-0.4, -0.2) is 36.8 Å². The molecule has 1 aromatic rings. The van der Waals surface area contributed by atoms with Crippen LogP contribution in [0.4, 0.5) is 5.69 Å². The number of carbonyl (C=O) groups is 1. The predicted octanol–water partition coefficient (Wildman–Crippen LogP) is 2.48. The van der Waals surface area contributed by atoms with Crippen molar-refractivity contribution in [1.29, 1.82) is 0 Å². The van der Waals surface area contributed by atoms with Gasteiger partial charge in [-0.2, -0.15) is 0 Å². The largest absolute Gasteiger partial charge is 0.481 e. The van der Waals surface area contributed by atoms with Gasteiger partial charge in [0.05, 0.1) is 5.69 Å². The molecular weight excluding hydrogens is 308 g/mol. The van der Waals surface area contributed by atoms with Crippen LogP contribution in [0.15, 0.2) is 28.7 Å². The Hall–Kier alpha value is -1.07. The molecule has 0 bridgehead atoms. The van der Waals surface area contributed by atoms with Gasteiger partial charge in [-0.15, -0.1) is 0 Å². The van der Waals surface area contributed by atoms with Crippen molar-refractivity contribution in [2.24, 2.45) is 0 Å². The quantitative estimate of drug-likeness (QED) is 0.892. The number of carboxylic acids is 1. The van der Waals surface area contributed by atoms with E-state index in [1.165, 1.54) is 0 Å². The van der Waals surface area contributed by atoms with Gasteiger partial charge in [0.15, 0.2) is 0 Å². The van der Waals surface area contributed by atoms with E-state index < -0.39 is 5.97 Å². The fraction of sp³-hybridized carbons (Fsp3) is 0.500. The molecule has 1 heterocycles. The van der Waals surface area contributed by atoms with Crippen LogP contribution in [0.3, 0.4) is 0 Å². The first-order chi connectivity index (χ1) is 9.18. The standard InChI is InChI=1S/C14H19BrN2O2/c15-12-4-1-2-5-13(12)17-9-3-8-16-10-11(17)6-7-14(18)19/h1-2,4-5,11,16H,3,6-10H2,(H,18,19). The van der Waals surface area contributed by atoms with E-state index in [1.807, 2.05) is 18.2 Å². The van der Waals surface area contributed by atoms with Gasteiger partial charge < -0.3 is 15.3 Å². The fourth-order valence-corrected chi connectivity index (χ4v) is 3.00. The molecule has 0 radical (unpaired) electrons. The highest BCUT2D eigenvalue weighted by Crippen LogP contribution is 2.29. The Kier molecular flexibility index (Phi) is 5.22. The topological polar surface area (TPSA) is 52.6 Å². The van der Waals surface area contributed by atoms with E-state index in [1.54, 1.807) is 0 Å². The predicted molar refractivity (Wildman–Crippen MR) is 79.6 cm³/mol. The molecule has 1 unspecified atom stereocenters. The minimum atomic E-state index is -0.726. The lowest BCUT2D eigenvalue weighted by molar-refractivity contribution is -0.137. The molecule has 1 aromatic carbocycles. The molecule has 2 rings (SSSR count). The maximum Gasteiger partial charge on any atom is 0.303 e. The van der Waals surface area contributed by atoms with Crippen LogP contribution in [0.5, 0.6) is 0 Å². The molecule has 19 heavy (non-hydrogen) atoms. The highest BCUT2D eigenvalue weighted by molar-refractivity contribution is 9.10. The van der Waals surface area contributed by atoms with Gasteiger partial charge in [-0.1, -0.05) is 12.1 Å². The van der Waals surface area contributed by atoms with Crippen LogP contribution in [0.1, 0.15) is 19.3 Å². The maximum atomic E-state index is 10.8. The zero-order valence-corrected chi connectivity index (χ0v) is 12.4. The van der Waals surface area contributed by atoms with Gasteiger partial charge >= 0.3 is 5.97 Å². The Labute approximate surface area is 121 Å². The number of hydrogen-bond donors (Lipinski definition) is 2. The smallest absolute Gasteiger partial charge is 0.303 e. The second kappa shape index (κ2) is 6.91. The number of aliphatic carboxylic acids is 1. The molecule has 0 aromatic heterocycles. The zero-order chi connectivity index (χ0) is 13.7. The van der Waals surface area contributed by atoms with Crippen molar-refractivity contribution < 1.29 is 9.90 Å². The molecule has 5 heteroatoms. The van der Waals surface area contributed by atoms with Gasteiger partial charge in [-0.25, -0.2) is 0 Å². The van der Waals surface area contributed by atoms with Crippen LogP contribution in [-0.2, 0) is 4.79 Å². The minimum absolute atomic E-state index is 0.216. The molecule has 0 saturated carbocycles. The summed E-state index contributed by atoms with van der Waals surface area (Å²) in [5.41, 5.74) is 1.15. The summed E-state index contributed by atoms with van der Waals surface area (Å²) in [6.45, 7) is 2.79. The fourth-order valence-electron chi connectivity index (χ4n) is 2.49. The lowest BCUT2D eigenvalue weighted by atomic mass is 10.1. The van der Waals surface area contributed by atoms with E-state index in [9.17, 15) is 4.79 Å². The van der Waals surface area contributed by atoms with Crippen molar-refractivity contribution in [3.63, 3.8) is 0 Å². The number of para-hydroxylation sites is 1. The van der Waals surface area contributed by atoms with Gasteiger partial charge in [-0.05, 0) is 47.4 Å². The third kappa shape index (κ3) is 3.94. The van der Waals surface area contributed by atoms with Crippen LogP contribution in [0.2, 0.25) is 0 Å². The third-order valence-electron chi connectivity index (χ3n) is 3.43. The lowest BCUT2D eigenvalue weighted by Gasteiger charge is -2.32. The summed E-state index contributed by atoms with van der Waals surface area (Å²) in [4.78, 5) is 13.1. The average molecular weight is 327 g/mol. The van der Waals surface area contributed by atoms with Crippen LogP contribution < -0.4 is 10.2 Å². The lowest BCUT2D eigenvalue weighted by Crippen LogP contribution is -2.40. The number of anilines is 1. The summed E-state index contributed by atoms with van der Waals surface area (Å²) in [7, 11) is 0. The van der Waals surface area contributed by atoms with E-state index in [0.29, 0.717) is 6.42 Å². The summed E-state index contributed by atoms with van der Waals surface area (Å²) in [5.74, 6) is -0.726. The Morgan fingerprint density at radius 1 is 1.47 bits per heavy atom. The molecule has 1 aliphatic heterocycles. The first kappa shape index (κ1) is 14.3. The molecule has 0 amide bonds. The summed E-state index contributed by atoms with van der Waals surface area (Å²) in [5, 5.41) is 12.3. The molecule has 0 spiro atoms. The highest BCUT2D eigenvalue weighted by Gasteiger charge is 2.23. The molecule has 1 fully saturated rings. The Morgan fingerprint density at radius 2 is 2.26 bits per heavy atom. The van der Waals surface area contributed by atoms with Crippen molar-refractivity contribution in [2.45, 2.75) is 25.3 Å². The van der Waals surface area contributed by atoms with E-state index >= 15 is 0 Å². The van der Waals surface area contributed by atoms with Crippen molar-refractivity contribution >= 4 is 27.6 Å². The number of nitrogens with zero attached hydrogens (tertiary/aromatic N) is 1. The summed E-state index contributed by atoms with van der Waals surface area (Å²) in [6, 6.07) is 8.37. The maximum absolute atomic E-state index is 10.8. The molecule has 4 nitrogen and oxygen atoms in total. The monoisotopic (exact) mass is 326 g/mol. The summed E-state index contributed by atoms with van der Waals surface area (Å²) >= 11 is 3.59. The molecule has 0 aliphatic carbocycles. The second-order valence-electron chi connectivity index (χ2n) is 4.79. The average Bonchev–Trinajstić information content (AvgIpc) is 2.62. The minimum Gasteiger partial charge on any atom is -0.481 e. The van der Waals surface area contributed by atoms with E-state index in [2.05, 4.69) is 32.2 Å². The second-order valence-corrected chi connectivity index (χ2v) is 5.64. The van der Waals surface area contributed by atoms with Crippen LogP contribution in [0, 0.1) is 0 Å². The van der Waals surface area contributed by atoms with E-state index in [-0.39, 0.29) is 12.5 Å². The first-order valence-electron chi connectivity index (χ1n) is 6.62. The van der Waals surface area contributed by atoms with Crippen LogP contribution >= 0.6 is 15.9 Å². The highest BCUT2D eigenvalue weighted by atomic mass is 79.9. The van der Waals surface area contributed by atoms with Gasteiger partial charge in [0.1, 0.15) is 0 Å². The third-order valence-corrected chi connectivity index (χ3v) is 4.10. The Balaban J connectivity index is 2.17. The van der Waals surface area contributed by atoms with E-state index in [4.69, 9.17) is 5.11 Å². The molecule has 2 N–H and O–H groups in total. The molecule has 1 aliphatic rings. The van der Waals surface area contributed by atoms with Crippen molar-refractivity contribution in [3.8, 4) is 0 Å². The number of benzene rings is 1. The number of halogens is 1. The SMILES string of the molecule is O=C(O)CCC1CNCCCN1c1ccccc1Br. The molecular formula is C14H19BrN2O2. The van der Waals surface area contributed by atoms with Gasteiger partial charge in [0, 0.05) is 30.0 Å². The summed E-state index contributed by atoms with van der Waals surface area (Å²) in [6.07, 6.45) is 1.96. The normalized spacial score (nSPS) is 20.1. The van der Waals surface area contributed by atoms with Crippen molar-refractivity contribution in [1.82, 2.24) is 5.32 Å². The van der Waals surface area contributed by atoms with Crippen molar-refractivity contribution in [3.05, 3.63) is 28.7 Å². The number of carboxylic acid groups (broad SMARTS) is 1. The Morgan fingerprint density at radius 3 is 3.00 bits per heavy atom. The summed E-state index contributed by atoms with van der Waals surface area (Å²) < 4.78 is 1.07. The number of nitrogens with one attached hydrogen (secondary N) is 1. The van der Waals surface area contributed by atoms with Crippen molar-refractivity contribution in [2.75, 3.05) is 24.5 Å². The molecule has 1 atom stereocenters. The number of rotatable bonds is 4. The number of hydrogen-bond acceptors (Lipinski definition) is 3.